The number of halogens is 1. The predicted molar refractivity (Wildman–Crippen MR) is 215 cm³/mol. The van der Waals surface area contributed by atoms with Gasteiger partial charge in [0.25, 0.3) is 0 Å². The Labute approximate surface area is 349 Å². The van der Waals surface area contributed by atoms with Gasteiger partial charge in [-0.1, -0.05) is 140 Å². The zero-order valence-corrected chi connectivity index (χ0v) is 32.7. The SMILES string of the molecule is Clc1nc(-c2ccccc2)c2ccccc2n1.O=C(O)c1nc(-c2ccccc2)c2ccccc2n1.[C-]#[N+]c1nc(-c2ccccc2)c2ccccc2n1.[Na+].[OH-]. The molecule has 0 fully saturated rings. The quantitative estimate of drug-likeness (QED) is 0.109. The molecule has 0 atom stereocenters. The molecule has 0 saturated carbocycles. The molecule has 0 bridgehead atoms. The van der Waals surface area contributed by atoms with Crippen LogP contribution in [0.1, 0.15) is 10.6 Å². The molecule has 3 heterocycles. The fourth-order valence-electron chi connectivity index (χ4n) is 5.78. The van der Waals surface area contributed by atoms with Crippen molar-refractivity contribution in [3.8, 4) is 33.8 Å². The van der Waals surface area contributed by atoms with Gasteiger partial charge in [0.1, 0.15) is 11.2 Å². The Morgan fingerprint density at radius 2 is 0.839 bits per heavy atom. The van der Waals surface area contributed by atoms with Crippen LogP contribution in [0, 0.1) is 6.57 Å². The zero-order chi connectivity index (χ0) is 37.3. The largest absolute Gasteiger partial charge is 1.00 e. The van der Waals surface area contributed by atoms with E-state index in [1.165, 1.54) is 0 Å². The van der Waals surface area contributed by atoms with Gasteiger partial charge in [-0.15, -0.1) is 16.5 Å². The van der Waals surface area contributed by atoms with Crippen LogP contribution in [0.2, 0.25) is 5.28 Å². The van der Waals surface area contributed by atoms with Crippen molar-refractivity contribution >= 4 is 56.2 Å². The van der Waals surface area contributed by atoms with Gasteiger partial charge in [-0.3, -0.25) is 0 Å². The second-order valence-corrected chi connectivity index (χ2v) is 12.0. The summed E-state index contributed by atoms with van der Waals surface area (Å²) in [6.07, 6.45) is 0. The fourth-order valence-corrected chi connectivity index (χ4v) is 5.96. The third-order valence-corrected chi connectivity index (χ3v) is 8.37. The number of hydrogen-bond donors (Lipinski definition) is 1. The fraction of sp³-hybridized carbons (Fsp3) is 0. The first-order chi connectivity index (χ1) is 26.5. The average molecular weight is 762 g/mol. The van der Waals surface area contributed by atoms with Crippen molar-refractivity contribution in [3.63, 3.8) is 0 Å². The molecule has 3 aromatic heterocycles. The number of aromatic nitrogens is 6. The van der Waals surface area contributed by atoms with Crippen molar-refractivity contribution in [2.45, 2.75) is 0 Å². The smallest absolute Gasteiger partial charge is 0.870 e. The molecule has 0 unspecified atom stereocenters. The molecule has 0 aliphatic carbocycles. The molecule has 0 saturated heterocycles. The van der Waals surface area contributed by atoms with Gasteiger partial charge in [0, 0.05) is 27.5 Å². The molecular weight excluding hydrogens is 733 g/mol. The molecule has 9 aromatic rings. The van der Waals surface area contributed by atoms with Crippen molar-refractivity contribution in [2.24, 2.45) is 0 Å². The number of nitrogens with zero attached hydrogens (tertiary/aromatic N) is 7. The third-order valence-electron chi connectivity index (χ3n) is 8.20. The maximum Gasteiger partial charge on any atom is 1.00 e. The van der Waals surface area contributed by atoms with Crippen LogP contribution in [0.4, 0.5) is 5.95 Å². The van der Waals surface area contributed by atoms with E-state index in [0.717, 1.165) is 55.3 Å². The van der Waals surface area contributed by atoms with Gasteiger partial charge in [0.05, 0.1) is 27.8 Å². The molecule has 10 nitrogen and oxygen atoms in total. The Morgan fingerprint density at radius 1 is 0.482 bits per heavy atom. The Morgan fingerprint density at radius 3 is 1.27 bits per heavy atom. The summed E-state index contributed by atoms with van der Waals surface area (Å²) in [5, 5.41) is 12.2. The number of fused-ring (bicyclic) bond motifs is 3. The van der Waals surface area contributed by atoms with Crippen LogP contribution in [0.15, 0.2) is 164 Å². The Hall–Kier alpha value is -6.45. The molecule has 0 amide bonds. The maximum absolute atomic E-state index is 11.1. The van der Waals surface area contributed by atoms with Crippen LogP contribution >= 0.6 is 11.6 Å². The monoisotopic (exact) mass is 761 g/mol. The Bertz CT molecular complexity index is 2790. The first-order valence-electron chi connectivity index (χ1n) is 16.7. The Kier molecular flexibility index (Phi) is 14.0. The second kappa shape index (κ2) is 19.2. The molecule has 0 spiro atoms. The van der Waals surface area contributed by atoms with Crippen molar-refractivity contribution < 1.29 is 44.9 Å². The molecule has 6 aromatic carbocycles. The molecule has 12 heteroatoms. The van der Waals surface area contributed by atoms with Gasteiger partial charge in [-0.05, 0) is 35.9 Å². The van der Waals surface area contributed by atoms with Crippen molar-refractivity contribution in [1.29, 1.82) is 0 Å². The van der Waals surface area contributed by atoms with Gasteiger partial charge < -0.3 is 15.4 Å². The summed E-state index contributed by atoms with van der Waals surface area (Å²) in [5.41, 5.74) is 7.56. The number of para-hydroxylation sites is 3. The van der Waals surface area contributed by atoms with Crippen LogP contribution < -0.4 is 29.6 Å². The van der Waals surface area contributed by atoms with E-state index in [1.807, 2.05) is 158 Å². The first kappa shape index (κ1) is 40.7. The number of carbonyl (C=O) groups is 1. The number of carboxylic acid groups (broad SMARTS) is 1. The Balaban J connectivity index is 0.000000158. The van der Waals surface area contributed by atoms with E-state index in [9.17, 15) is 4.79 Å². The molecule has 266 valence electrons. The van der Waals surface area contributed by atoms with Gasteiger partial charge >= 0.3 is 41.5 Å². The van der Waals surface area contributed by atoms with Crippen molar-refractivity contribution in [1.82, 2.24) is 29.9 Å². The second-order valence-electron chi connectivity index (χ2n) is 11.7. The molecule has 9 rings (SSSR count). The van der Waals surface area contributed by atoms with Gasteiger partial charge in [-0.2, -0.15) is 0 Å². The summed E-state index contributed by atoms with van der Waals surface area (Å²) in [6, 6.07) is 52.4. The standard InChI is InChI=1S/C15H9N3.C15H10N2O2.C14H9ClN2.Na.H2O/c1-16-15-17-13-10-6-5-9-12(13)14(18-15)11-7-3-2-4-8-11;18-15(19)14-16-12-9-5-4-8-11(12)13(17-14)10-6-2-1-3-7-10;15-14-16-12-9-5-4-8-11(12)13(17-14)10-6-2-1-3-7-10;;/h2-10H;1-9H,(H,18,19);1-9H;;1H2/q;;;+1;/p-1. The van der Waals surface area contributed by atoms with Crippen molar-refractivity contribution in [2.75, 3.05) is 0 Å². The summed E-state index contributed by atoms with van der Waals surface area (Å²) < 4.78 is 0. The molecule has 0 radical (unpaired) electrons. The summed E-state index contributed by atoms with van der Waals surface area (Å²) in [6.45, 7) is 7.08. The van der Waals surface area contributed by atoms with Crippen LogP contribution in [0.25, 0.3) is 71.3 Å². The van der Waals surface area contributed by atoms with E-state index < -0.39 is 5.97 Å². The van der Waals surface area contributed by atoms with E-state index in [0.29, 0.717) is 11.2 Å². The normalized spacial score (nSPS) is 10.1. The molecular formula is C44H29ClN7NaO3. The maximum atomic E-state index is 11.1. The summed E-state index contributed by atoms with van der Waals surface area (Å²) in [4.78, 5) is 39.7. The predicted octanol–water partition coefficient (Wildman–Crippen LogP) is 7.62. The minimum atomic E-state index is -1.12. The van der Waals surface area contributed by atoms with E-state index >= 15 is 0 Å². The molecule has 2 N–H and O–H groups in total. The molecule has 56 heavy (non-hydrogen) atoms. The van der Waals surface area contributed by atoms with Crippen LogP contribution in [-0.2, 0) is 0 Å². The first-order valence-corrected chi connectivity index (χ1v) is 17.1. The number of carboxylic acids is 1. The van der Waals surface area contributed by atoms with Crippen molar-refractivity contribution in [3.05, 3.63) is 186 Å². The number of hydrogen-bond acceptors (Lipinski definition) is 8. The van der Waals surface area contributed by atoms with E-state index in [2.05, 4.69) is 34.7 Å². The minimum absolute atomic E-state index is 0. The third kappa shape index (κ3) is 9.43. The molecule has 0 aliphatic rings. The van der Waals surface area contributed by atoms with E-state index in [4.69, 9.17) is 23.3 Å². The van der Waals surface area contributed by atoms with Crippen LogP contribution in [0.5, 0.6) is 0 Å². The topological polar surface area (TPSA) is 149 Å². The molecule has 0 aliphatic heterocycles. The van der Waals surface area contributed by atoms with Crippen LogP contribution in [0.3, 0.4) is 0 Å². The number of aromatic carboxylic acids is 1. The van der Waals surface area contributed by atoms with Gasteiger partial charge in [-0.25, -0.2) is 24.7 Å². The number of benzene rings is 6. The minimum Gasteiger partial charge on any atom is -0.870 e. The average Bonchev–Trinajstić information content (AvgIpc) is 3.24. The summed E-state index contributed by atoms with van der Waals surface area (Å²) in [7, 11) is 0. The van der Waals surface area contributed by atoms with Gasteiger partial charge in [0.15, 0.2) is 0 Å². The van der Waals surface area contributed by atoms with Gasteiger partial charge in [0.2, 0.25) is 11.1 Å². The summed E-state index contributed by atoms with van der Waals surface area (Å²) >= 11 is 5.95. The van der Waals surface area contributed by atoms with E-state index in [-0.39, 0.29) is 52.1 Å². The van der Waals surface area contributed by atoms with Crippen LogP contribution in [-0.4, -0.2) is 46.5 Å². The number of rotatable bonds is 4. The van der Waals surface area contributed by atoms with E-state index in [1.54, 1.807) is 6.07 Å². The summed E-state index contributed by atoms with van der Waals surface area (Å²) in [5.74, 6) is -1.12. The zero-order valence-electron chi connectivity index (χ0n) is 29.9.